The second-order valence-corrected chi connectivity index (χ2v) is 10.9. The number of amides is 1. The molecule has 6 heteroatoms. The summed E-state index contributed by atoms with van der Waals surface area (Å²) in [6, 6.07) is 39.5. The van der Waals surface area contributed by atoms with E-state index in [1.165, 1.54) is 0 Å². The molecule has 6 aromatic rings. The van der Waals surface area contributed by atoms with Crippen molar-refractivity contribution >= 4 is 16.8 Å². The van der Waals surface area contributed by atoms with E-state index in [1.54, 1.807) is 0 Å². The lowest BCUT2D eigenvalue weighted by atomic mass is 9.77. The van der Waals surface area contributed by atoms with E-state index >= 15 is 0 Å². The highest BCUT2D eigenvalue weighted by Crippen LogP contribution is 2.41. The lowest BCUT2D eigenvalue weighted by Crippen LogP contribution is -2.40. The van der Waals surface area contributed by atoms with Crippen LogP contribution in [0.5, 0.6) is 0 Å². The van der Waals surface area contributed by atoms with Crippen LogP contribution in [-0.4, -0.2) is 51.9 Å². The van der Waals surface area contributed by atoms with Crippen molar-refractivity contribution in [3.8, 4) is 11.1 Å². The number of hydrogen-bond acceptors (Lipinski definition) is 4. The number of pyridine rings is 1. The van der Waals surface area contributed by atoms with Crippen LogP contribution in [0.3, 0.4) is 0 Å². The minimum Gasteiger partial charge on any atom is -0.378 e. The minimum atomic E-state index is -0.711. The van der Waals surface area contributed by atoms with Crippen molar-refractivity contribution in [2.75, 3.05) is 26.3 Å². The summed E-state index contributed by atoms with van der Waals surface area (Å²) in [5, 5.41) is 5.99. The van der Waals surface area contributed by atoms with E-state index in [1.807, 2.05) is 54.4 Å². The fourth-order valence-corrected chi connectivity index (χ4v) is 6.26. The molecule has 2 aromatic heterocycles. The van der Waals surface area contributed by atoms with Gasteiger partial charge in [-0.3, -0.25) is 14.5 Å². The molecule has 0 N–H and O–H groups in total. The van der Waals surface area contributed by atoms with Crippen LogP contribution in [0.2, 0.25) is 0 Å². The quantitative estimate of drug-likeness (QED) is 0.211. The monoisotopic (exact) mass is 564 g/mol. The number of carbonyl (C=O) groups is 1. The number of benzene rings is 4. The van der Waals surface area contributed by atoms with E-state index in [-0.39, 0.29) is 5.91 Å². The van der Waals surface area contributed by atoms with Gasteiger partial charge >= 0.3 is 0 Å². The Kier molecular flexibility index (Phi) is 7.05. The summed E-state index contributed by atoms with van der Waals surface area (Å²) < 4.78 is 7.53. The third kappa shape index (κ3) is 4.80. The zero-order valence-electron chi connectivity index (χ0n) is 24.1. The highest BCUT2D eigenvalue weighted by atomic mass is 16.5. The van der Waals surface area contributed by atoms with Gasteiger partial charge in [0.25, 0.3) is 5.91 Å². The highest BCUT2D eigenvalue weighted by molar-refractivity contribution is 6.02. The van der Waals surface area contributed by atoms with Gasteiger partial charge in [-0.25, -0.2) is 0 Å². The molecular weight excluding hydrogens is 532 g/mol. The van der Waals surface area contributed by atoms with E-state index in [4.69, 9.17) is 14.8 Å². The van der Waals surface area contributed by atoms with Gasteiger partial charge in [-0.15, -0.1) is 0 Å². The molecule has 1 aliphatic rings. The first-order valence-electron chi connectivity index (χ1n) is 14.6. The first-order chi connectivity index (χ1) is 21.1. The molecule has 0 saturated carbocycles. The van der Waals surface area contributed by atoms with Gasteiger partial charge in [0, 0.05) is 41.5 Å². The lowest BCUT2D eigenvalue weighted by Gasteiger charge is -2.36. The largest absolute Gasteiger partial charge is 0.378 e. The number of nitrogens with zero attached hydrogens (tertiary/aromatic N) is 4. The molecule has 43 heavy (non-hydrogen) atoms. The lowest BCUT2D eigenvalue weighted by molar-refractivity contribution is 0.0303. The fraction of sp³-hybridized carbons (Fsp3) is 0.162. The summed E-state index contributed by atoms with van der Waals surface area (Å²) in [6.45, 7) is 4.34. The molecular formula is C37H32N4O2. The molecule has 0 spiro atoms. The number of morpholine rings is 1. The van der Waals surface area contributed by atoms with Gasteiger partial charge in [0.2, 0.25) is 0 Å². The van der Waals surface area contributed by atoms with Gasteiger partial charge < -0.3 is 9.64 Å². The van der Waals surface area contributed by atoms with Crippen LogP contribution in [0.15, 0.2) is 128 Å². The SMILES string of the molecule is Cc1cc(-c2cnn(C(c3ccccc3)(c3ccccc3)c3ccccc3)c2)c2cc(C(=O)N3CCOCC3)ccc2n1. The summed E-state index contributed by atoms with van der Waals surface area (Å²) in [7, 11) is 0. The van der Waals surface area contributed by atoms with Crippen molar-refractivity contribution in [3.63, 3.8) is 0 Å². The molecule has 3 heterocycles. The topological polar surface area (TPSA) is 60.2 Å². The van der Waals surface area contributed by atoms with Gasteiger partial charge in [-0.2, -0.15) is 5.10 Å². The first-order valence-corrected chi connectivity index (χ1v) is 14.6. The Hall–Kier alpha value is -5.07. The fourth-order valence-electron chi connectivity index (χ4n) is 6.26. The minimum absolute atomic E-state index is 0.0173. The average molecular weight is 565 g/mol. The Morgan fingerprint density at radius 2 is 1.35 bits per heavy atom. The molecule has 1 aliphatic heterocycles. The third-order valence-electron chi connectivity index (χ3n) is 8.29. The van der Waals surface area contributed by atoms with Crippen LogP contribution < -0.4 is 0 Å². The van der Waals surface area contributed by atoms with Crippen LogP contribution in [0.4, 0.5) is 0 Å². The molecule has 1 saturated heterocycles. The molecule has 1 fully saturated rings. The number of fused-ring (bicyclic) bond motifs is 1. The van der Waals surface area contributed by atoms with E-state index < -0.39 is 5.54 Å². The van der Waals surface area contributed by atoms with Crippen molar-refractivity contribution in [2.45, 2.75) is 12.5 Å². The van der Waals surface area contributed by atoms with Crippen LogP contribution in [0, 0.1) is 6.92 Å². The van der Waals surface area contributed by atoms with Crippen molar-refractivity contribution < 1.29 is 9.53 Å². The maximum atomic E-state index is 13.4. The van der Waals surface area contributed by atoms with Gasteiger partial charge in [0.05, 0.1) is 24.9 Å². The zero-order valence-corrected chi connectivity index (χ0v) is 24.1. The first kappa shape index (κ1) is 26.8. The highest BCUT2D eigenvalue weighted by Gasteiger charge is 2.39. The molecule has 7 rings (SSSR count). The summed E-state index contributed by atoms with van der Waals surface area (Å²) in [4.78, 5) is 20.1. The molecule has 0 unspecified atom stereocenters. The Morgan fingerprint density at radius 3 is 1.93 bits per heavy atom. The molecule has 0 bridgehead atoms. The predicted octanol–water partition coefficient (Wildman–Crippen LogP) is 6.72. The van der Waals surface area contributed by atoms with Gasteiger partial charge in [-0.1, -0.05) is 91.0 Å². The molecule has 0 atom stereocenters. The van der Waals surface area contributed by atoms with Crippen LogP contribution in [-0.2, 0) is 10.3 Å². The summed E-state index contributed by atoms with van der Waals surface area (Å²) in [6.07, 6.45) is 4.05. The Labute approximate surface area is 251 Å². The van der Waals surface area contributed by atoms with Crippen LogP contribution in [0.25, 0.3) is 22.0 Å². The number of ether oxygens (including phenoxy) is 1. The summed E-state index contributed by atoms with van der Waals surface area (Å²) >= 11 is 0. The maximum Gasteiger partial charge on any atom is 0.254 e. The zero-order chi connectivity index (χ0) is 29.2. The van der Waals surface area contributed by atoms with Crippen molar-refractivity contribution in [3.05, 3.63) is 156 Å². The Bertz CT molecular complexity index is 1780. The summed E-state index contributed by atoms with van der Waals surface area (Å²) in [5.74, 6) is 0.0173. The number of aryl methyl sites for hydroxylation is 1. The van der Waals surface area contributed by atoms with E-state index in [0.29, 0.717) is 31.9 Å². The van der Waals surface area contributed by atoms with Crippen molar-refractivity contribution in [1.29, 1.82) is 0 Å². The molecule has 0 radical (unpaired) electrons. The van der Waals surface area contributed by atoms with E-state index in [0.717, 1.165) is 44.4 Å². The van der Waals surface area contributed by atoms with Gasteiger partial charge in [-0.05, 0) is 53.4 Å². The van der Waals surface area contributed by atoms with Gasteiger partial charge in [0.1, 0.15) is 5.54 Å². The second-order valence-electron chi connectivity index (χ2n) is 10.9. The van der Waals surface area contributed by atoms with E-state index in [9.17, 15) is 4.79 Å². The normalized spacial score (nSPS) is 13.7. The Morgan fingerprint density at radius 1 is 0.767 bits per heavy atom. The number of rotatable bonds is 6. The van der Waals surface area contributed by atoms with Crippen molar-refractivity contribution in [2.24, 2.45) is 0 Å². The average Bonchev–Trinajstić information content (AvgIpc) is 3.56. The Balaban J connectivity index is 1.42. The van der Waals surface area contributed by atoms with Crippen LogP contribution >= 0.6 is 0 Å². The molecule has 0 aliphatic carbocycles. The molecule has 6 nitrogen and oxygen atoms in total. The smallest absolute Gasteiger partial charge is 0.254 e. The van der Waals surface area contributed by atoms with Crippen molar-refractivity contribution in [1.82, 2.24) is 19.7 Å². The van der Waals surface area contributed by atoms with E-state index in [2.05, 4.69) is 89.7 Å². The molecule has 1 amide bonds. The number of aromatic nitrogens is 3. The number of hydrogen-bond donors (Lipinski definition) is 0. The maximum absolute atomic E-state index is 13.4. The predicted molar refractivity (Wildman–Crippen MR) is 169 cm³/mol. The second kappa shape index (κ2) is 11.3. The standard InChI is InChI=1S/C37H32N4O2/c1-27-23-33(34-24-28(17-18-35(34)39-27)36(42)40-19-21-43-22-20-40)29-25-38-41(26-29)37(30-11-5-2-6-12-30,31-13-7-3-8-14-31)32-15-9-4-10-16-32/h2-18,23-26H,19-22H2,1H3. The van der Waals surface area contributed by atoms with Gasteiger partial charge in [0.15, 0.2) is 0 Å². The van der Waals surface area contributed by atoms with Crippen LogP contribution in [0.1, 0.15) is 32.7 Å². The molecule has 4 aromatic carbocycles. The third-order valence-corrected chi connectivity index (χ3v) is 8.29. The summed E-state index contributed by atoms with van der Waals surface area (Å²) in [5.41, 5.74) is 6.97. The number of carbonyl (C=O) groups excluding carboxylic acids is 1. The molecule has 212 valence electrons.